The number of hydrogen-bond donors (Lipinski definition) is 0. The van der Waals surface area contributed by atoms with Gasteiger partial charge in [-0.05, 0) is 0 Å². The third kappa shape index (κ3) is 1.41. The predicted octanol–water partition coefficient (Wildman–Crippen LogP) is -0.884. The number of ketones is 2. The maximum absolute atomic E-state index is 11.7. The first-order valence-corrected chi connectivity index (χ1v) is 5.23. The first kappa shape index (κ1) is 10.3. The summed E-state index contributed by atoms with van der Waals surface area (Å²) >= 11 is 0. The molecule has 2 aliphatic heterocycles. The summed E-state index contributed by atoms with van der Waals surface area (Å²) in [5.41, 5.74) is 0. The van der Waals surface area contributed by atoms with Gasteiger partial charge in [0.15, 0.2) is 11.6 Å². The van der Waals surface area contributed by atoms with E-state index in [4.69, 9.17) is 18.9 Å². The molecule has 1 saturated carbocycles. The zero-order chi connectivity index (χ0) is 11.1. The summed E-state index contributed by atoms with van der Waals surface area (Å²) in [6.07, 6.45) is -0.712. The molecule has 0 amide bonds. The molecule has 0 aromatic rings. The van der Waals surface area contributed by atoms with E-state index in [-0.39, 0.29) is 50.6 Å². The van der Waals surface area contributed by atoms with Crippen molar-refractivity contribution in [3.8, 4) is 0 Å². The van der Waals surface area contributed by atoms with Gasteiger partial charge >= 0.3 is 0 Å². The van der Waals surface area contributed by atoms with Gasteiger partial charge in [0.05, 0.1) is 24.0 Å². The van der Waals surface area contributed by atoms with Crippen molar-refractivity contribution < 1.29 is 28.5 Å². The SMILES string of the molecule is O=C1COCO[C@@H]2[C@H]3OCOCC(=O)[C@H]3[C@H]12. The van der Waals surface area contributed by atoms with Gasteiger partial charge in [0.1, 0.15) is 26.8 Å². The van der Waals surface area contributed by atoms with Crippen LogP contribution in [0.4, 0.5) is 0 Å². The lowest BCUT2D eigenvalue weighted by atomic mass is 9.64. The largest absolute Gasteiger partial charge is 0.349 e. The second-order valence-electron chi connectivity index (χ2n) is 4.18. The van der Waals surface area contributed by atoms with Crippen molar-refractivity contribution in [3.05, 3.63) is 0 Å². The Labute approximate surface area is 91.8 Å². The Balaban J connectivity index is 1.86. The van der Waals surface area contributed by atoms with E-state index in [1.165, 1.54) is 0 Å². The average molecular weight is 228 g/mol. The maximum Gasteiger partial charge on any atom is 0.165 e. The predicted molar refractivity (Wildman–Crippen MR) is 48.4 cm³/mol. The van der Waals surface area contributed by atoms with E-state index in [9.17, 15) is 9.59 Å². The van der Waals surface area contributed by atoms with Gasteiger partial charge in [0.25, 0.3) is 0 Å². The molecule has 0 aromatic heterocycles. The molecule has 3 aliphatic rings. The number of hydrogen-bond acceptors (Lipinski definition) is 6. The minimum absolute atomic E-state index is 0.0124. The normalized spacial score (nSPS) is 43.8. The van der Waals surface area contributed by atoms with Gasteiger partial charge in [-0.2, -0.15) is 0 Å². The average Bonchev–Trinajstić information content (AvgIpc) is 2.47. The van der Waals surface area contributed by atoms with E-state index < -0.39 is 11.8 Å². The summed E-state index contributed by atoms with van der Waals surface area (Å²) in [6, 6.07) is 0. The molecular weight excluding hydrogens is 216 g/mol. The highest BCUT2D eigenvalue weighted by Gasteiger charge is 2.59. The fraction of sp³-hybridized carbons (Fsp3) is 0.800. The summed E-state index contributed by atoms with van der Waals surface area (Å²) in [7, 11) is 0. The van der Waals surface area contributed by atoms with Crippen LogP contribution in [0.5, 0.6) is 0 Å². The van der Waals surface area contributed by atoms with Crippen molar-refractivity contribution in [1.82, 2.24) is 0 Å². The number of rotatable bonds is 0. The molecule has 4 atom stereocenters. The highest BCUT2D eigenvalue weighted by molar-refractivity contribution is 5.94. The molecule has 1 aliphatic carbocycles. The fourth-order valence-electron chi connectivity index (χ4n) is 2.57. The van der Waals surface area contributed by atoms with Crippen LogP contribution in [-0.2, 0) is 28.5 Å². The molecule has 0 unspecified atom stereocenters. The molecule has 0 bridgehead atoms. The fourth-order valence-corrected chi connectivity index (χ4v) is 2.57. The Kier molecular flexibility index (Phi) is 2.51. The minimum atomic E-state index is -0.415. The number of carbonyl (C=O) groups is 2. The molecule has 3 fully saturated rings. The number of carbonyl (C=O) groups excluding carboxylic acids is 2. The second-order valence-corrected chi connectivity index (χ2v) is 4.18. The lowest BCUT2D eigenvalue weighted by Crippen LogP contribution is -2.62. The summed E-state index contributed by atoms with van der Waals surface area (Å²) in [5.74, 6) is -0.992. The Morgan fingerprint density at radius 1 is 0.812 bits per heavy atom. The molecule has 3 rings (SSSR count). The van der Waals surface area contributed by atoms with E-state index in [0.29, 0.717) is 0 Å². The van der Waals surface area contributed by atoms with Crippen molar-refractivity contribution in [1.29, 1.82) is 0 Å². The Morgan fingerprint density at radius 3 is 1.69 bits per heavy atom. The zero-order valence-electron chi connectivity index (χ0n) is 8.59. The topological polar surface area (TPSA) is 71.1 Å². The third-order valence-corrected chi connectivity index (χ3v) is 3.34. The molecule has 16 heavy (non-hydrogen) atoms. The molecule has 2 heterocycles. The van der Waals surface area contributed by atoms with Crippen molar-refractivity contribution in [2.24, 2.45) is 11.8 Å². The number of fused-ring (bicyclic) bond motifs is 4. The van der Waals surface area contributed by atoms with Crippen LogP contribution in [0.2, 0.25) is 0 Å². The van der Waals surface area contributed by atoms with E-state index in [0.717, 1.165) is 0 Å². The van der Waals surface area contributed by atoms with Gasteiger partial charge in [0, 0.05) is 0 Å². The van der Waals surface area contributed by atoms with Crippen LogP contribution in [-0.4, -0.2) is 50.6 Å². The van der Waals surface area contributed by atoms with Gasteiger partial charge in [-0.1, -0.05) is 0 Å². The molecule has 88 valence electrons. The van der Waals surface area contributed by atoms with Gasteiger partial charge < -0.3 is 18.9 Å². The van der Waals surface area contributed by atoms with Gasteiger partial charge in [-0.3, -0.25) is 9.59 Å². The monoisotopic (exact) mass is 228 g/mol. The van der Waals surface area contributed by atoms with Gasteiger partial charge in [0.2, 0.25) is 0 Å². The summed E-state index contributed by atoms with van der Waals surface area (Å²) in [4.78, 5) is 23.5. The minimum Gasteiger partial charge on any atom is -0.349 e. The Morgan fingerprint density at radius 2 is 1.25 bits per heavy atom. The lowest BCUT2D eigenvalue weighted by Gasteiger charge is -2.46. The van der Waals surface area contributed by atoms with E-state index in [2.05, 4.69) is 0 Å². The van der Waals surface area contributed by atoms with Gasteiger partial charge in [-0.15, -0.1) is 0 Å². The molecule has 0 spiro atoms. The Hall–Kier alpha value is -0.820. The quantitative estimate of drug-likeness (QED) is 0.536. The van der Waals surface area contributed by atoms with Crippen molar-refractivity contribution >= 4 is 11.6 Å². The van der Waals surface area contributed by atoms with Crippen molar-refractivity contribution in [2.45, 2.75) is 12.2 Å². The molecule has 0 aromatic carbocycles. The van der Waals surface area contributed by atoms with Crippen LogP contribution in [0.1, 0.15) is 0 Å². The molecular formula is C10H12O6. The van der Waals surface area contributed by atoms with E-state index in [1.54, 1.807) is 0 Å². The summed E-state index contributed by atoms with van der Waals surface area (Å²) in [5, 5.41) is 0. The highest BCUT2D eigenvalue weighted by atomic mass is 16.7. The maximum atomic E-state index is 11.7. The van der Waals surface area contributed by atoms with Crippen LogP contribution >= 0.6 is 0 Å². The zero-order valence-corrected chi connectivity index (χ0v) is 8.59. The third-order valence-electron chi connectivity index (χ3n) is 3.34. The lowest BCUT2D eigenvalue weighted by molar-refractivity contribution is -0.219. The first-order valence-electron chi connectivity index (χ1n) is 5.23. The molecule has 0 N–H and O–H groups in total. The van der Waals surface area contributed by atoms with Crippen LogP contribution < -0.4 is 0 Å². The standard InChI is InChI=1S/C10H12O6/c11-5-1-13-3-15-9-7(5)8-6(12)2-14-4-16-10(8)9/h7-10H,1-4H2/t7-,8-,9-,10-/m0/s1. The summed E-state index contributed by atoms with van der Waals surface area (Å²) in [6.45, 7) is 0.181. The van der Waals surface area contributed by atoms with Crippen LogP contribution in [0.15, 0.2) is 0 Å². The van der Waals surface area contributed by atoms with Crippen LogP contribution in [0.3, 0.4) is 0 Å². The highest BCUT2D eigenvalue weighted by Crippen LogP contribution is 2.43. The molecule has 0 radical (unpaired) electrons. The van der Waals surface area contributed by atoms with Crippen molar-refractivity contribution in [3.63, 3.8) is 0 Å². The molecule has 6 nitrogen and oxygen atoms in total. The van der Waals surface area contributed by atoms with E-state index in [1.807, 2.05) is 0 Å². The summed E-state index contributed by atoms with van der Waals surface area (Å²) < 4.78 is 20.7. The first-order chi connectivity index (χ1) is 7.79. The smallest absolute Gasteiger partial charge is 0.165 e. The molecule has 6 heteroatoms. The molecule has 2 saturated heterocycles. The second kappa shape index (κ2) is 3.89. The van der Waals surface area contributed by atoms with Crippen LogP contribution in [0, 0.1) is 11.8 Å². The van der Waals surface area contributed by atoms with E-state index >= 15 is 0 Å². The van der Waals surface area contributed by atoms with Crippen LogP contribution in [0.25, 0.3) is 0 Å². The number of ether oxygens (including phenoxy) is 4. The van der Waals surface area contributed by atoms with Gasteiger partial charge in [-0.25, -0.2) is 0 Å². The Bertz CT molecular complexity index is 295. The number of Topliss-reactive ketones (excluding diaryl/α,β-unsaturated/α-hetero) is 2. The van der Waals surface area contributed by atoms with Crippen molar-refractivity contribution in [2.75, 3.05) is 26.8 Å².